The number of carboxylic acid groups (broad SMARTS) is 2. The van der Waals surface area contributed by atoms with Crippen LogP contribution in [0.15, 0.2) is 18.2 Å². The predicted molar refractivity (Wildman–Crippen MR) is 92.0 cm³/mol. The van der Waals surface area contributed by atoms with E-state index in [1.807, 2.05) is 0 Å². The van der Waals surface area contributed by atoms with Gasteiger partial charge in [0.2, 0.25) is 0 Å². The lowest BCUT2D eigenvalue weighted by Crippen LogP contribution is -2.19. The Morgan fingerprint density at radius 1 is 1.15 bits per heavy atom. The molecule has 2 aromatic rings. The van der Waals surface area contributed by atoms with Crippen molar-refractivity contribution in [3.63, 3.8) is 0 Å². The summed E-state index contributed by atoms with van der Waals surface area (Å²) < 4.78 is 35.5. The van der Waals surface area contributed by atoms with E-state index in [1.54, 1.807) is 0 Å². The van der Waals surface area contributed by atoms with Crippen molar-refractivity contribution >= 4 is 22.8 Å². The first-order valence-electron chi connectivity index (χ1n) is 8.39. The molecule has 0 bridgehead atoms. The molecule has 27 heavy (non-hydrogen) atoms. The Morgan fingerprint density at radius 2 is 1.81 bits per heavy atom. The van der Waals surface area contributed by atoms with Gasteiger partial charge in [-0.3, -0.25) is 0 Å². The number of nitrogens with zero attached hydrogens (tertiary/aromatic N) is 1. The van der Waals surface area contributed by atoms with E-state index >= 15 is 0 Å². The number of ether oxygens (including phenoxy) is 1. The normalized spacial score (nSPS) is 15.5. The highest BCUT2D eigenvalue weighted by atomic mass is 19.2. The molecule has 2 aliphatic rings. The fraction of sp³-hybridized carbons (Fsp3) is 0.333. The van der Waals surface area contributed by atoms with Gasteiger partial charge in [-0.1, -0.05) is 0 Å². The van der Waals surface area contributed by atoms with Gasteiger partial charge < -0.3 is 24.8 Å². The molecule has 2 aliphatic heterocycles. The number of carboxylic acids is 2. The third-order valence-electron chi connectivity index (χ3n) is 4.43. The number of aliphatic carboxylic acids is 2. The molecule has 0 saturated carbocycles. The molecule has 0 amide bonds. The van der Waals surface area contributed by atoms with Crippen LogP contribution in [0.25, 0.3) is 10.9 Å². The number of aromatic nitrogens is 1. The van der Waals surface area contributed by atoms with Crippen LogP contribution in [0.2, 0.25) is 0 Å². The van der Waals surface area contributed by atoms with Gasteiger partial charge >= 0.3 is 11.9 Å². The van der Waals surface area contributed by atoms with E-state index in [9.17, 15) is 18.4 Å². The number of nitrogens with one attached hydrogen (secondary N) is 1. The van der Waals surface area contributed by atoms with Crippen molar-refractivity contribution < 1.29 is 33.3 Å². The monoisotopic (exact) mass is 380 g/mol. The van der Waals surface area contributed by atoms with Gasteiger partial charge in [0.05, 0.1) is 12.1 Å². The number of carbonyl (C=O) groups is 2. The number of hydrogen-bond acceptors (Lipinski definition) is 4. The molecule has 0 aliphatic carbocycles. The molecule has 1 aromatic carbocycles. The summed E-state index contributed by atoms with van der Waals surface area (Å²) in [5.74, 6) is -3.59. The van der Waals surface area contributed by atoms with Crippen molar-refractivity contribution in [2.75, 3.05) is 19.7 Å². The second-order valence-electron chi connectivity index (χ2n) is 6.08. The van der Waals surface area contributed by atoms with Gasteiger partial charge in [-0.05, 0) is 18.5 Å². The Kier molecular flexibility index (Phi) is 5.41. The van der Waals surface area contributed by atoms with Crippen molar-refractivity contribution in [1.29, 1.82) is 0 Å². The standard InChI is InChI=1S/C14H14F2N2O.C4H4O4/c15-9-7-11-14-12(13(9)16)8-1-3-17-4-2-10(8)18(14)5-6-19-11;5-3(6)1-2-4(7)8/h7,17H,1-6H2;1-2H,(H,5,6)(H,7,8)/b;2-1-. The summed E-state index contributed by atoms with van der Waals surface area (Å²) >= 11 is 0. The average molecular weight is 380 g/mol. The van der Waals surface area contributed by atoms with E-state index in [0.29, 0.717) is 36.4 Å². The van der Waals surface area contributed by atoms with Crippen molar-refractivity contribution in [2.24, 2.45) is 0 Å². The fourth-order valence-corrected chi connectivity index (χ4v) is 3.43. The van der Waals surface area contributed by atoms with Gasteiger partial charge in [-0.2, -0.15) is 0 Å². The molecule has 3 N–H and O–H groups in total. The molecule has 1 aromatic heterocycles. The summed E-state index contributed by atoms with van der Waals surface area (Å²) in [5.41, 5.74) is 2.81. The van der Waals surface area contributed by atoms with Crippen molar-refractivity contribution in [2.45, 2.75) is 19.4 Å². The zero-order valence-electron chi connectivity index (χ0n) is 14.3. The Hall–Kier alpha value is -2.94. The molecular weight excluding hydrogens is 362 g/mol. The van der Waals surface area contributed by atoms with E-state index in [0.717, 1.165) is 42.7 Å². The largest absolute Gasteiger partial charge is 0.489 e. The van der Waals surface area contributed by atoms with Crippen LogP contribution >= 0.6 is 0 Å². The first kappa shape index (κ1) is 18.8. The van der Waals surface area contributed by atoms with Crippen LogP contribution in [0, 0.1) is 11.6 Å². The van der Waals surface area contributed by atoms with Crippen molar-refractivity contribution in [3.05, 3.63) is 41.1 Å². The van der Waals surface area contributed by atoms with E-state index < -0.39 is 23.6 Å². The molecule has 0 spiro atoms. The first-order valence-corrected chi connectivity index (χ1v) is 8.39. The number of rotatable bonds is 2. The van der Waals surface area contributed by atoms with Gasteiger partial charge in [0.15, 0.2) is 11.6 Å². The summed E-state index contributed by atoms with van der Waals surface area (Å²) in [6.45, 7) is 2.91. The average Bonchev–Trinajstić information content (AvgIpc) is 2.78. The van der Waals surface area contributed by atoms with Crippen LogP contribution < -0.4 is 10.1 Å². The minimum atomic E-state index is -1.26. The molecule has 0 fully saturated rings. The third kappa shape index (κ3) is 3.77. The van der Waals surface area contributed by atoms with Gasteiger partial charge in [0.1, 0.15) is 12.4 Å². The predicted octanol–water partition coefficient (Wildman–Crippen LogP) is 1.71. The minimum absolute atomic E-state index is 0.424. The van der Waals surface area contributed by atoms with E-state index in [1.165, 1.54) is 6.07 Å². The third-order valence-corrected chi connectivity index (χ3v) is 4.43. The van der Waals surface area contributed by atoms with Gasteiger partial charge in [0, 0.05) is 42.3 Å². The van der Waals surface area contributed by atoms with Crippen LogP contribution in [0.5, 0.6) is 5.75 Å². The molecule has 0 saturated heterocycles. The summed E-state index contributed by atoms with van der Waals surface area (Å²) in [6.07, 6.45) is 2.70. The summed E-state index contributed by atoms with van der Waals surface area (Å²) in [7, 11) is 0. The molecule has 144 valence electrons. The SMILES string of the molecule is Fc1cc2c3c(c1F)c1c(n3CCO2)CCNCC1.O=C(O)/C=C\C(=O)O. The van der Waals surface area contributed by atoms with Crippen LogP contribution in [0.3, 0.4) is 0 Å². The number of benzene rings is 1. The maximum Gasteiger partial charge on any atom is 0.328 e. The lowest BCUT2D eigenvalue weighted by atomic mass is 10.1. The topological polar surface area (TPSA) is 101 Å². The van der Waals surface area contributed by atoms with Crippen LogP contribution in [0.4, 0.5) is 8.78 Å². The number of fused-ring (bicyclic) bond motifs is 3. The lowest BCUT2D eigenvalue weighted by molar-refractivity contribution is -0.134. The van der Waals surface area contributed by atoms with Crippen molar-refractivity contribution in [3.8, 4) is 5.75 Å². The molecule has 7 nitrogen and oxygen atoms in total. The smallest absolute Gasteiger partial charge is 0.328 e. The Labute approximate surface area is 152 Å². The van der Waals surface area contributed by atoms with Gasteiger partial charge in [0.25, 0.3) is 0 Å². The molecule has 0 radical (unpaired) electrons. The van der Waals surface area contributed by atoms with E-state index in [4.69, 9.17) is 14.9 Å². The zero-order chi connectivity index (χ0) is 19.6. The van der Waals surface area contributed by atoms with Crippen LogP contribution in [-0.4, -0.2) is 46.4 Å². The molecule has 0 atom stereocenters. The highest BCUT2D eigenvalue weighted by molar-refractivity contribution is 5.92. The Bertz CT molecular complexity index is 920. The quantitative estimate of drug-likeness (QED) is 0.686. The number of halogens is 2. The fourth-order valence-electron chi connectivity index (χ4n) is 3.43. The number of hydrogen-bond donors (Lipinski definition) is 3. The minimum Gasteiger partial charge on any atom is -0.489 e. The summed E-state index contributed by atoms with van der Waals surface area (Å²) in [6, 6.07) is 1.17. The van der Waals surface area contributed by atoms with Crippen LogP contribution in [0.1, 0.15) is 11.3 Å². The van der Waals surface area contributed by atoms with E-state index in [2.05, 4.69) is 9.88 Å². The molecule has 3 heterocycles. The maximum atomic E-state index is 14.2. The second-order valence-corrected chi connectivity index (χ2v) is 6.08. The lowest BCUT2D eigenvalue weighted by Gasteiger charge is -2.19. The maximum absolute atomic E-state index is 14.2. The van der Waals surface area contributed by atoms with Crippen LogP contribution in [-0.2, 0) is 29.0 Å². The van der Waals surface area contributed by atoms with E-state index in [-0.39, 0.29) is 0 Å². The second kappa shape index (κ2) is 7.75. The Balaban J connectivity index is 0.000000226. The highest BCUT2D eigenvalue weighted by Gasteiger charge is 2.28. The molecular formula is C18H18F2N2O5. The Morgan fingerprint density at radius 3 is 2.48 bits per heavy atom. The molecule has 9 heteroatoms. The summed E-state index contributed by atoms with van der Waals surface area (Å²) in [4.78, 5) is 19.1. The first-order chi connectivity index (χ1) is 12.9. The van der Waals surface area contributed by atoms with Gasteiger partial charge in [-0.15, -0.1) is 0 Å². The molecule has 4 rings (SSSR count). The van der Waals surface area contributed by atoms with Crippen molar-refractivity contribution in [1.82, 2.24) is 9.88 Å². The summed E-state index contributed by atoms with van der Waals surface area (Å²) in [5, 5.41) is 19.4. The zero-order valence-corrected chi connectivity index (χ0v) is 14.3. The molecule has 0 unspecified atom stereocenters. The van der Waals surface area contributed by atoms with Gasteiger partial charge in [-0.25, -0.2) is 18.4 Å². The highest BCUT2D eigenvalue weighted by Crippen LogP contribution is 2.39.